The molecule has 0 radical (unpaired) electrons. The van der Waals surface area contributed by atoms with Gasteiger partial charge in [-0.3, -0.25) is 14.5 Å². The molecule has 0 amide bonds. The van der Waals surface area contributed by atoms with Crippen LogP contribution in [0.1, 0.15) is 84.0 Å². The van der Waals surface area contributed by atoms with Gasteiger partial charge in [0, 0.05) is 19.0 Å². The molecule has 7 N–H and O–H groups in total. The first kappa shape index (κ1) is 26.8. The van der Waals surface area contributed by atoms with Crippen molar-refractivity contribution in [1.82, 2.24) is 10.2 Å². The van der Waals surface area contributed by atoms with Crippen LogP contribution in [0.2, 0.25) is 0 Å². The molecule has 0 aromatic rings. The van der Waals surface area contributed by atoms with Gasteiger partial charge in [-0.1, -0.05) is 19.8 Å². The zero-order chi connectivity index (χ0) is 22.4. The van der Waals surface area contributed by atoms with Crippen molar-refractivity contribution in [2.24, 2.45) is 16.9 Å². The van der Waals surface area contributed by atoms with Crippen LogP contribution in [0.3, 0.4) is 0 Å². The lowest BCUT2D eigenvalue weighted by molar-refractivity contribution is -0.139. The number of aliphatic carboxylic acids is 2. The van der Waals surface area contributed by atoms with E-state index < -0.39 is 11.9 Å². The van der Waals surface area contributed by atoms with Crippen LogP contribution < -0.4 is 16.8 Å². The normalized spacial score (nSPS) is 22.9. The molecule has 1 atom stereocenters. The molecule has 0 aromatic heterocycles. The molecule has 2 saturated heterocycles. The van der Waals surface area contributed by atoms with Gasteiger partial charge >= 0.3 is 11.9 Å². The fourth-order valence-electron chi connectivity index (χ4n) is 4.34. The minimum absolute atomic E-state index is 0.116. The van der Waals surface area contributed by atoms with E-state index in [-0.39, 0.29) is 25.0 Å². The second kappa shape index (κ2) is 14.7. The highest BCUT2D eigenvalue weighted by Gasteiger charge is 2.43. The molecule has 2 aliphatic heterocycles. The number of nitrogens with two attached hydrogens (primary N) is 2. The highest BCUT2D eigenvalue weighted by atomic mass is 16.4. The molecule has 0 bridgehead atoms. The van der Waals surface area contributed by atoms with Crippen molar-refractivity contribution in [3.05, 3.63) is 0 Å². The predicted molar refractivity (Wildman–Crippen MR) is 119 cm³/mol. The molecule has 1 unspecified atom stereocenters. The van der Waals surface area contributed by atoms with E-state index in [1.54, 1.807) is 0 Å². The maximum atomic E-state index is 10.7. The van der Waals surface area contributed by atoms with Gasteiger partial charge in [0.15, 0.2) is 0 Å². The van der Waals surface area contributed by atoms with E-state index in [9.17, 15) is 9.59 Å². The van der Waals surface area contributed by atoms with E-state index >= 15 is 0 Å². The number of hydrogen-bond donors (Lipinski definition) is 5. The molecule has 8 nitrogen and oxygen atoms in total. The van der Waals surface area contributed by atoms with Crippen molar-refractivity contribution >= 4 is 11.9 Å². The summed E-state index contributed by atoms with van der Waals surface area (Å²) in [5.74, 6) is -1.53. The van der Waals surface area contributed by atoms with Crippen LogP contribution in [-0.4, -0.2) is 65.4 Å². The first-order chi connectivity index (χ1) is 14.3. The lowest BCUT2D eigenvalue weighted by Crippen LogP contribution is -2.50. The van der Waals surface area contributed by atoms with Crippen LogP contribution in [0.25, 0.3) is 0 Å². The third kappa shape index (κ3) is 11.2. The Kier molecular flexibility index (Phi) is 13.2. The van der Waals surface area contributed by atoms with Crippen LogP contribution in [0.5, 0.6) is 0 Å². The summed E-state index contributed by atoms with van der Waals surface area (Å²) in [4.78, 5) is 23.6. The quantitative estimate of drug-likeness (QED) is 0.389. The lowest BCUT2D eigenvalue weighted by atomic mass is 9.61. The maximum Gasteiger partial charge on any atom is 0.304 e. The van der Waals surface area contributed by atoms with Crippen molar-refractivity contribution in [2.45, 2.75) is 96.2 Å². The molecular formula is C22H44N4O4. The average Bonchev–Trinajstić information content (AvgIpc) is 2.71. The summed E-state index contributed by atoms with van der Waals surface area (Å²) in [6.45, 7) is 5.93. The fourth-order valence-corrected chi connectivity index (χ4v) is 4.34. The standard InChI is InChI=1S/C14H23NO4.C5H11N.C3H10N2/c16-12(17)3-2-11-10-14(5-1-6-14)7-9-15(11)8-4-13(18)19;1-2-4-6-5-3-1;1-2-3(4)5/h11H,1-10H2,(H,16,17)(H,18,19);6H,1-5H2;3H,2,4-5H2,1H3. The molecule has 1 aliphatic carbocycles. The van der Waals surface area contributed by atoms with Crippen molar-refractivity contribution in [2.75, 3.05) is 26.2 Å². The summed E-state index contributed by atoms with van der Waals surface area (Å²) < 4.78 is 0. The van der Waals surface area contributed by atoms with Gasteiger partial charge in [0.05, 0.1) is 12.6 Å². The molecule has 176 valence electrons. The van der Waals surface area contributed by atoms with Crippen LogP contribution in [-0.2, 0) is 9.59 Å². The smallest absolute Gasteiger partial charge is 0.304 e. The molecule has 1 spiro atoms. The molecule has 3 rings (SSSR count). The maximum absolute atomic E-state index is 10.7. The molecule has 8 heteroatoms. The first-order valence-corrected chi connectivity index (χ1v) is 11.7. The third-order valence-corrected chi connectivity index (χ3v) is 6.51. The topological polar surface area (TPSA) is 142 Å². The van der Waals surface area contributed by atoms with Crippen molar-refractivity contribution in [1.29, 1.82) is 0 Å². The predicted octanol–water partition coefficient (Wildman–Crippen LogP) is 2.36. The Morgan fingerprint density at radius 2 is 1.63 bits per heavy atom. The number of nitrogens with one attached hydrogen (secondary N) is 1. The van der Waals surface area contributed by atoms with Gasteiger partial charge < -0.3 is 27.0 Å². The Morgan fingerprint density at radius 1 is 1.03 bits per heavy atom. The SMILES string of the molecule is C1CCNCC1.CCC(N)N.O=C(O)CCC1CC2(CCC2)CCN1CCC(=O)O. The van der Waals surface area contributed by atoms with Crippen molar-refractivity contribution in [3.63, 3.8) is 0 Å². The van der Waals surface area contributed by atoms with Crippen LogP contribution in [0, 0.1) is 5.41 Å². The molecule has 2 heterocycles. The summed E-state index contributed by atoms with van der Waals surface area (Å²) in [6.07, 6.45) is 12.0. The summed E-state index contributed by atoms with van der Waals surface area (Å²) in [5, 5.41) is 20.9. The van der Waals surface area contributed by atoms with Gasteiger partial charge in [0.25, 0.3) is 0 Å². The van der Waals surface area contributed by atoms with Crippen molar-refractivity contribution in [3.8, 4) is 0 Å². The number of hydrogen-bond acceptors (Lipinski definition) is 6. The zero-order valence-corrected chi connectivity index (χ0v) is 18.8. The molecule has 1 saturated carbocycles. The largest absolute Gasteiger partial charge is 0.481 e. The highest BCUT2D eigenvalue weighted by Crippen LogP contribution is 2.51. The number of rotatable bonds is 7. The molecule has 3 aliphatic rings. The molecule has 30 heavy (non-hydrogen) atoms. The van der Waals surface area contributed by atoms with Crippen LogP contribution in [0.4, 0.5) is 0 Å². The van der Waals surface area contributed by atoms with Gasteiger partial charge in [-0.05, 0) is 76.4 Å². The van der Waals surface area contributed by atoms with Gasteiger partial charge in [0.2, 0.25) is 0 Å². The Labute approximate surface area is 181 Å². The zero-order valence-electron chi connectivity index (χ0n) is 18.8. The van der Waals surface area contributed by atoms with E-state index in [1.165, 1.54) is 51.6 Å². The van der Waals surface area contributed by atoms with E-state index in [2.05, 4.69) is 10.2 Å². The molecule has 3 fully saturated rings. The molecule has 0 aromatic carbocycles. The van der Waals surface area contributed by atoms with E-state index in [0.29, 0.717) is 18.4 Å². The van der Waals surface area contributed by atoms with Crippen molar-refractivity contribution < 1.29 is 19.8 Å². The number of likely N-dealkylation sites (tertiary alicyclic amines) is 1. The number of carbonyl (C=O) groups is 2. The lowest BCUT2D eigenvalue weighted by Gasteiger charge is -2.51. The van der Waals surface area contributed by atoms with Gasteiger partial charge in [-0.15, -0.1) is 0 Å². The molecular weight excluding hydrogens is 384 g/mol. The second-order valence-corrected chi connectivity index (χ2v) is 8.96. The number of nitrogens with zero attached hydrogens (tertiary/aromatic N) is 1. The summed E-state index contributed by atoms with van der Waals surface area (Å²) in [5.41, 5.74) is 10.6. The van der Waals surface area contributed by atoms with E-state index in [0.717, 1.165) is 25.8 Å². The minimum atomic E-state index is -0.777. The Hall–Kier alpha value is -1.22. The fraction of sp³-hybridized carbons (Fsp3) is 0.909. The highest BCUT2D eigenvalue weighted by molar-refractivity contribution is 5.67. The van der Waals surface area contributed by atoms with E-state index in [1.807, 2.05) is 6.92 Å². The van der Waals surface area contributed by atoms with E-state index in [4.69, 9.17) is 21.7 Å². The van der Waals surface area contributed by atoms with Crippen LogP contribution >= 0.6 is 0 Å². The Balaban J connectivity index is 0.000000334. The Bertz CT molecular complexity index is 482. The minimum Gasteiger partial charge on any atom is -0.481 e. The summed E-state index contributed by atoms with van der Waals surface area (Å²) in [7, 11) is 0. The summed E-state index contributed by atoms with van der Waals surface area (Å²) >= 11 is 0. The van der Waals surface area contributed by atoms with Crippen LogP contribution in [0.15, 0.2) is 0 Å². The average molecular weight is 429 g/mol. The number of carboxylic acids is 2. The number of piperidine rings is 2. The first-order valence-electron chi connectivity index (χ1n) is 11.7. The monoisotopic (exact) mass is 428 g/mol. The third-order valence-electron chi connectivity index (χ3n) is 6.51. The summed E-state index contributed by atoms with van der Waals surface area (Å²) in [6, 6.07) is 0.254. The second-order valence-electron chi connectivity index (χ2n) is 8.96. The van der Waals surface area contributed by atoms with Gasteiger partial charge in [-0.25, -0.2) is 0 Å². The van der Waals surface area contributed by atoms with Gasteiger partial charge in [0.1, 0.15) is 0 Å². The number of carboxylic acid groups (broad SMARTS) is 2. The van der Waals surface area contributed by atoms with Gasteiger partial charge in [-0.2, -0.15) is 0 Å². The Morgan fingerprint density at radius 3 is 2.00 bits per heavy atom.